The van der Waals surface area contributed by atoms with Gasteiger partial charge in [-0.05, 0) is 57.8 Å². The Morgan fingerprint density at radius 2 is 1.68 bits per heavy atom. The van der Waals surface area contributed by atoms with Crippen molar-refractivity contribution in [3.63, 3.8) is 0 Å². The molecule has 2 saturated heterocycles. The number of fused-ring (bicyclic) bond motifs is 3. The first-order valence-electron chi connectivity index (χ1n) is 16.1. The van der Waals surface area contributed by atoms with Crippen LogP contribution in [0, 0.1) is 23.7 Å². The van der Waals surface area contributed by atoms with Crippen LogP contribution in [0.15, 0.2) is 11.6 Å². The van der Waals surface area contributed by atoms with Crippen molar-refractivity contribution in [3.05, 3.63) is 11.6 Å². The van der Waals surface area contributed by atoms with Gasteiger partial charge in [0.1, 0.15) is 17.9 Å². The van der Waals surface area contributed by atoms with Crippen LogP contribution in [-0.4, -0.2) is 102 Å². The maximum absolute atomic E-state index is 13.8. The third-order valence-corrected chi connectivity index (χ3v) is 9.66. The summed E-state index contributed by atoms with van der Waals surface area (Å²) in [6, 6.07) is -1.02. The van der Waals surface area contributed by atoms with E-state index < -0.39 is 65.7 Å². The average molecular weight is 624 g/mol. The molecule has 0 aromatic rings. The van der Waals surface area contributed by atoms with Crippen LogP contribution in [0.25, 0.3) is 0 Å². The number of aliphatic hydroxyl groups is 2. The largest absolute Gasteiger partial charge is 0.464 e. The maximum Gasteiger partial charge on any atom is 0.328 e. The van der Waals surface area contributed by atoms with Crippen LogP contribution in [0.3, 0.4) is 0 Å². The molecule has 0 aromatic heterocycles. The lowest BCUT2D eigenvalue weighted by atomic mass is 9.82. The Morgan fingerprint density at radius 3 is 2.32 bits per heavy atom. The number of esters is 1. The van der Waals surface area contributed by atoms with Gasteiger partial charge in [0.05, 0.1) is 24.9 Å². The number of amides is 1. The Bertz CT molecular complexity index is 1060. The highest BCUT2D eigenvalue weighted by Gasteiger charge is 2.56. The van der Waals surface area contributed by atoms with E-state index in [2.05, 4.69) is 6.92 Å². The normalized spacial score (nSPS) is 39.2. The molecular weight excluding hydrogens is 570 g/mol. The number of hydrogen-bond donors (Lipinski definition) is 2. The standard InChI is InChI=1S/C33H53NO10/c1-8-23-14-19(2)13-20(3)15-27(41-6)29-28(42-7)16-22(5)33(40,44-29)30(37)31(38)34-12-10-9-11-24(34)32(39)43-18-21(4)25(35)17-26(23)36/h14,20-25,27-29,35,40H,8-13,15-18H2,1-7H3. The topological polar surface area (TPSA) is 149 Å². The summed E-state index contributed by atoms with van der Waals surface area (Å²) in [5, 5.41) is 22.5. The highest BCUT2D eigenvalue weighted by molar-refractivity contribution is 6.39. The minimum atomic E-state index is -2.44. The van der Waals surface area contributed by atoms with Crippen LogP contribution in [0.1, 0.15) is 86.0 Å². The molecule has 0 saturated carbocycles. The molecule has 1 amide bonds. The van der Waals surface area contributed by atoms with Gasteiger partial charge >= 0.3 is 5.97 Å². The van der Waals surface area contributed by atoms with Crippen molar-refractivity contribution in [2.24, 2.45) is 23.7 Å². The Hall–Kier alpha value is -2.18. The second-order valence-corrected chi connectivity index (χ2v) is 13.2. The molecule has 10 atom stereocenters. The number of rotatable bonds is 3. The molecule has 3 aliphatic heterocycles. The number of methoxy groups -OCH3 is 2. The molecule has 2 fully saturated rings. The maximum atomic E-state index is 13.8. The zero-order valence-corrected chi connectivity index (χ0v) is 27.5. The van der Waals surface area contributed by atoms with Gasteiger partial charge < -0.3 is 34.1 Å². The number of allylic oxidation sites excluding steroid dienone is 2. The summed E-state index contributed by atoms with van der Waals surface area (Å²) in [4.78, 5) is 55.0. The lowest BCUT2D eigenvalue weighted by molar-refractivity contribution is -0.302. The summed E-state index contributed by atoms with van der Waals surface area (Å²) >= 11 is 0. The van der Waals surface area contributed by atoms with Crippen molar-refractivity contribution in [2.45, 2.75) is 122 Å². The van der Waals surface area contributed by atoms with E-state index in [1.807, 2.05) is 19.9 Å². The fourth-order valence-electron chi connectivity index (χ4n) is 6.79. The SMILES string of the molecule is CCC1C=C(C)CC(C)CC(OC)C2OC(O)(C(=O)C(=O)N3CCCCC3C(=O)OCC(C)C(O)CC1=O)C(C)CC2OC. The summed E-state index contributed by atoms with van der Waals surface area (Å²) in [5.74, 6) is -6.94. The number of nitrogens with zero attached hydrogens (tertiary/aromatic N) is 1. The number of ketones is 2. The van der Waals surface area contributed by atoms with Gasteiger partial charge in [-0.25, -0.2) is 4.79 Å². The first-order valence-corrected chi connectivity index (χ1v) is 16.1. The minimum Gasteiger partial charge on any atom is -0.464 e. The Kier molecular flexibility index (Phi) is 13.1. The smallest absolute Gasteiger partial charge is 0.328 e. The van der Waals surface area contributed by atoms with Gasteiger partial charge in [-0.2, -0.15) is 0 Å². The molecule has 2 N–H and O–H groups in total. The second-order valence-electron chi connectivity index (χ2n) is 13.2. The second kappa shape index (κ2) is 15.9. The molecule has 0 spiro atoms. The van der Waals surface area contributed by atoms with Crippen LogP contribution >= 0.6 is 0 Å². The number of carbonyl (C=O) groups excluding carboxylic acids is 4. The van der Waals surface area contributed by atoms with Gasteiger partial charge in [0, 0.05) is 44.9 Å². The monoisotopic (exact) mass is 623 g/mol. The third-order valence-electron chi connectivity index (χ3n) is 9.66. The molecule has 0 radical (unpaired) electrons. The van der Waals surface area contributed by atoms with Crippen LogP contribution in [0.4, 0.5) is 0 Å². The molecule has 0 aliphatic carbocycles. The van der Waals surface area contributed by atoms with E-state index in [1.165, 1.54) is 19.1 Å². The molecular formula is C33H53NO10. The molecule has 44 heavy (non-hydrogen) atoms. The lowest BCUT2D eigenvalue weighted by Crippen LogP contribution is -2.64. The molecule has 3 heterocycles. The van der Waals surface area contributed by atoms with Gasteiger partial charge in [0.2, 0.25) is 5.79 Å². The van der Waals surface area contributed by atoms with Gasteiger partial charge in [-0.1, -0.05) is 39.3 Å². The Morgan fingerprint density at radius 1 is 1.02 bits per heavy atom. The van der Waals surface area contributed by atoms with E-state index in [1.54, 1.807) is 13.8 Å². The predicted octanol–water partition coefficient (Wildman–Crippen LogP) is 2.98. The van der Waals surface area contributed by atoms with E-state index in [-0.39, 0.29) is 43.6 Å². The number of carbonyl (C=O) groups is 4. The summed E-state index contributed by atoms with van der Waals surface area (Å²) < 4.78 is 23.2. The van der Waals surface area contributed by atoms with Crippen molar-refractivity contribution >= 4 is 23.4 Å². The van der Waals surface area contributed by atoms with E-state index in [0.29, 0.717) is 38.5 Å². The molecule has 11 heteroatoms. The van der Waals surface area contributed by atoms with Crippen molar-refractivity contribution < 1.29 is 48.3 Å². The number of Topliss-reactive ketones (excluding diaryl/α,β-unsaturated/α-hetero) is 2. The molecule has 2 bridgehead atoms. The first kappa shape index (κ1) is 36.3. The van der Waals surface area contributed by atoms with Crippen molar-refractivity contribution in [1.82, 2.24) is 4.90 Å². The molecule has 0 aromatic carbocycles. The lowest BCUT2D eigenvalue weighted by Gasteiger charge is -2.47. The average Bonchev–Trinajstić information content (AvgIpc) is 3.00. The van der Waals surface area contributed by atoms with E-state index in [4.69, 9.17) is 18.9 Å². The molecule has 10 unspecified atom stereocenters. The van der Waals surface area contributed by atoms with E-state index >= 15 is 0 Å². The highest BCUT2D eigenvalue weighted by atomic mass is 16.7. The summed E-state index contributed by atoms with van der Waals surface area (Å²) in [5.41, 5.74) is 1.02. The Labute approximate surface area is 261 Å². The summed E-state index contributed by atoms with van der Waals surface area (Å²) in [7, 11) is 3.06. The van der Waals surface area contributed by atoms with Gasteiger partial charge in [-0.15, -0.1) is 0 Å². The number of hydrogen-bond acceptors (Lipinski definition) is 10. The number of aliphatic hydroxyl groups excluding tert-OH is 1. The number of ether oxygens (including phenoxy) is 4. The number of cyclic esters (lactones) is 1. The van der Waals surface area contributed by atoms with Crippen LogP contribution in [-0.2, 0) is 38.1 Å². The van der Waals surface area contributed by atoms with Gasteiger partial charge in [0.25, 0.3) is 11.7 Å². The summed E-state index contributed by atoms with van der Waals surface area (Å²) in [6.07, 6.45) is 2.47. The molecule has 250 valence electrons. The molecule has 3 rings (SSSR count). The highest BCUT2D eigenvalue weighted by Crippen LogP contribution is 2.38. The summed E-state index contributed by atoms with van der Waals surface area (Å²) in [6.45, 7) is 9.28. The zero-order valence-electron chi connectivity index (χ0n) is 27.5. The van der Waals surface area contributed by atoms with E-state index in [0.717, 1.165) is 5.57 Å². The van der Waals surface area contributed by atoms with Crippen LogP contribution < -0.4 is 0 Å². The minimum absolute atomic E-state index is 0.0704. The zero-order chi connectivity index (χ0) is 32.8. The third kappa shape index (κ3) is 8.34. The van der Waals surface area contributed by atoms with Crippen LogP contribution in [0.2, 0.25) is 0 Å². The van der Waals surface area contributed by atoms with Gasteiger partial charge in [-0.3, -0.25) is 14.4 Å². The molecule has 11 nitrogen and oxygen atoms in total. The predicted molar refractivity (Wildman–Crippen MR) is 161 cm³/mol. The fourth-order valence-corrected chi connectivity index (χ4v) is 6.79. The van der Waals surface area contributed by atoms with E-state index in [9.17, 15) is 29.4 Å². The fraction of sp³-hybridized carbons (Fsp3) is 0.818. The molecule has 3 aliphatic rings. The first-order chi connectivity index (χ1) is 20.8. The van der Waals surface area contributed by atoms with Crippen molar-refractivity contribution in [2.75, 3.05) is 27.4 Å². The quantitative estimate of drug-likeness (QED) is 0.273. The number of piperidine rings is 1. The Balaban J connectivity index is 2.00. The van der Waals surface area contributed by atoms with Crippen molar-refractivity contribution in [3.8, 4) is 0 Å². The van der Waals surface area contributed by atoms with Crippen molar-refractivity contribution in [1.29, 1.82) is 0 Å². The van der Waals surface area contributed by atoms with Crippen LogP contribution in [0.5, 0.6) is 0 Å². The van der Waals surface area contributed by atoms with Gasteiger partial charge in [0.15, 0.2) is 0 Å².